The van der Waals surface area contributed by atoms with Crippen LogP contribution in [0.1, 0.15) is 54.4 Å². The van der Waals surface area contributed by atoms with Gasteiger partial charge in [-0.2, -0.15) is 4.98 Å². The fraction of sp³-hybridized carbons (Fsp3) is 0.458. The molecule has 0 unspecified atom stereocenters. The van der Waals surface area contributed by atoms with Crippen LogP contribution in [0.5, 0.6) is 0 Å². The van der Waals surface area contributed by atoms with Gasteiger partial charge in [0.25, 0.3) is 5.91 Å². The zero-order valence-electron chi connectivity index (χ0n) is 18.9. The molecule has 33 heavy (non-hydrogen) atoms. The van der Waals surface area contributed by atoms with E-state index in [1.807, 2.05) is 31.2 Å². The Hall–Kier alpha value is -3.33. The van der Waals surface area contributed by atoms with Gasteiger partial charge in [0.1, 0.15) is 0 Å². The van der Waals surface area contributed by atoms with Crippen LogP contribution in [0.3, 0.4) is 0 Å². The quantitative estimate of drug-likeness (QED) is 0.588. The van der Waals surface area contributed by atoms with Crippen molar-refractivity contribution in [1.29, 1.82) is 0 Å². The number of nitrogens with zero attached hydrogens (tertiary/aromatic N) is 6. The predicted molar refractivity (Wildman–Crippen MR) is 123 cm³/mol. The maximum Gasteiger partial charge on any atom is 0.324 e. The van der Waals surface area contributed by atoms with E-state index in [1.165, 1.54) is 0 Å². The molecule has 2 aliphatic rings. The summed E-state index contributed by atoms with van der Waals surface area (Å²) in [6.45, 7) is 4.09. The van der Waals surface area contributed by atoms with Crippen LogP contribution < -0.4 is 10.6 Å². The minimum absolute atomic E-state index is 0.0204. The van der Waals surface area contributed by atoms with E-state index in [2.05, 4.69) is 29.9 Å². The molecule has 172 valence electrons. The number of hydrogen-bond donors (Lipinski definition) is 1. The Balaban J connectivity index is 1.26. The highest BCUT2D eigenvalue weighted by Gasteiger charge is 2.39. The van der Waals surface area contributed by atoms with Gasteiger partial charge >= 0.3 is 6.01 Å². The topological polar surface area (TPSA) is 114 Å². The molecule has 1 amide bonds. The van der Waals surface area contributed by atoms with E-state index in [1.54, 1.807) is 12.4 Å². The van der Waals surface area contributed by atoms with Crippen molar-refractivity contribution in [1.82, 2.24) is 25.0 Å². The Bertz CT molecular complexity index is 1080. The summed E-state index contributed by atoms with van der Waals surface area (Å²) < 4.78 is 5.39. The monoisotopic (exact) mass is 447 g/mol. The van der Waals surface area contributed by atoms with Crippen LogP contribution in [0.15, 0.2) is 41.2 Å². The Labute approximate surface area is 193 Å². The molecule has 3 heterocycles. The third-order valence-corrected chi connectivity index (χ3v) is 6.42. The minimum Gasteiger partial charge on any atom is -0.332 e. The number of hydrogen-bond acceptors (Lipinski definition) is 8. The summed E-state index contributed by atoms with van der Waals surface area (Å²) in [5.74, 6) is 1.35. The van der Waals surface area contributed by atoms with Gasteiger partial charge in [0, 0.05) is 56.1 Å². The van der Waals surface area contributed by atoms with Gasteiger partial charge < -0.3 is 20.1 Å². The second kappa shape index (κ2) is 9.27. The number of amides is 1. The lowest BCUT2D eigenvalue weighted by molar-refractivity contribution is 0.0628. The maximum atomic E-state index is 13.4. The molecule has 0 atom stereocenters. The molecule has 1 saturated heterocycles. The number of carbonyl (C=O) groups excluding carboxylic acids is 1. The fourth-order valence-electron chi connectivity index (χ4n) is 4.36. The van der Waals surface area contributed by atoms with E-state index in [9.17, 15) is 4.79 Å². The van der Waals surface area contributed by atoms with Crippen LogP contribution >= 0.6 is 0 Å². The summed E-state index contributed by atoms with van der Waals surface area (Å²) in [6.07, 6.45) is 7.91. The summed E-state index contributed by atoms with van der Waals surface area (Å²) >= 11 is 0. The first-order valence-electron chi connectivity index (χ1n) is 11.7. The van der Waals surface area contributed by atoms with Gasteiger partial charge in [-0.05, 0) is 31.2 Å². The van der Waals surface area contributed by atoms with Crippen molar-refractivity contribution in [2.45, 2.75) is 57.7 Å². The van der Waals surface area contributed by atoms with Gasteiger partial charge in [-0.1, -0.05) is 36.3 Å². The zero-order chi connectivity index (χ0) is 22.8. The molecule has 1 saturated carbocycles. The largest absolute Gasteiger partial charge is 0.332 e. The van der Waals surface area contributed by atoms with Crippen molar-refractivity contribution in [2.75, 3.05) is 18.0 Å². The third-order valence-electron chi connectivity index (χ3n) is 6.42. The average molecular weight is 448 g/mol. The first-order chi connectivity index (χ1) is 16.2. The number of rotatable bonds is 7. The molecular weight excluding hydrogens is 418 g/mol. The Morgan fingerprint density at radius 2 is 1.76 bits per heavy atom. The molecule has 9 heteroatoms. The van der Waals surface area contributed by atoms with Gasteiger partial charge in [-0.25, -0.2) is 9.97 Å². The molecule has 1 aromatic carbocycles. The summed E-state index contributed by atoms with van der Waals surface area (Å²) in [4.78, 5) is 31.0. The van der Waals surface area contributed by atoms with E-state index < -0.39 is 0 Å². The molecule has 0 bridgehead atoms. The summed E-state index contributed by atoms with van der Waals surface area (Å²) in [6, 6.07) is 8.93. The molecule has 0 radical (unpaired) electrons. The highest BCUT2D eigenvalue weighted by atomic mass is 16.5. The van der Waals surface area contributed by atoms with Crippen molar-refractivity contribution in [3.05, 3.63) is 53.6 Å². The Kier molecular flexibility index (Phi) is 6.04. The summed E-state index contributed by atoms with van der Waals surface area (Å²) in [7, 11) is 0. The van der Waals surface area contributed by atoms with E-state index >= 15 is 0 Å². The van der Waals surface area contributed by atoms with E-state index in [0.717, 1.165) is 62.1 Å². The average Bonchev–Trinajstić information content (AvgIpc) is 3.59. The van der Waals surface area contributed by atoms with Crippen LogP contribution in [0.4, 0.5) is 6.01 Å². The van der Waals surface area contributed by atoms with Gasteiger partial charge in [0.2, 0.25) is 0 Å². The van der Waals surface area contributed by atoms with E-state index in [4.69, 9.17) is 10.3 Å². The van der Waals surface area contributed by atoms with Crippen molar-refractivity contribution in [3.63, 3.8) is 0 Å². The van der Waals surface area contributed by atoms with Crippen molar-refractivity contribution in [3.8, 4) is 11.4 Å². The van der Waals surface area contributed by atoms with Crippen molar-refractivity contribution < 1.29 is 9.32 Å². The lowest BCUT2D eigenvalue weighted by Gasteiger charge is -2.38. The predicted octanol–water partition coefficient (Wildman–Crippen LogP) is 2.82. The third kappa shape index (κ3) is 4.59. The van der Waals surface area contributed by atoms with Crippen LogP contribution in [0, 0.1) is 0 Å². The van der Waals surface area contributed by atoms with Gasteiger partial charge in [0.15, 0.2) is 11.6 Å². The van der Waals surface area contributed by atoms with Crippen molar-refractivity contribution >= 4 is 11.9 Å². The van der Waals surface area contributed by atoms with Gasteiger partial charge in [-0.3, -0.25) is 4.79 Å². The lowest BCUT2D eigenvalue weighted by atomic mass is 10.0. The van der Waals surface area contributed by atoms with Crippen LogP contribution in [-0.2, 0) is 13.0 Å². The first kappa shape index (κ1) is 21.5. The molecular formula is C24H29N7O2. The second-order valence-corrected chi connectivity index (χ2v) is 8.70. The first-order valence-corrected chi connectivity index (χ1v) is 11.7. The fourth-order valence-corrected chi connectivity index (χ4v) is 4.36. The zero-order valence-corrected chi connectivity index (χ0v) is 18.9. The number of aromatic nitrogens is 4. The normalized spacial score (nSPS) is 16.7. The standard InChI is InChI=1S/C24H29N7O2/c1-2-21-28-24(33-29-21)30-11-9-20(10-12-30)31(19-7-8-19)23(32)18-14-26-22(27-15-18)17-5-3-16(13-25)4-6-17/h3-6,14-15,19-20H,2,7-13,25H2,1H3. The Morgan fingerprint density at radius 3 is 2.33 bits per heavy atom. The van der Waals surface area contributed by atoms with E-state index in [-0.39, 0.29) is 11.9 Å². The number of aryl methyl sites for hydroxylation is 1. The maximum absolute atomic E-state index is 13.4. The minimum atomic E-state index is 0.0204. The molecule has 2 N–H and O–H groups in total. The molecule has 1 aliphatic carbocycles. The van der Waals surface area contributed by atoms with Gasteiger partial charge in [0.05, 0.1) is 5.56 Å². The summed E-state index contributed by atoms with van der Waals surface area (Å²) in [5.41, 5.74) is 8.17. The number of anilines is 1. The molecule has 2 aromatic heterocycles. The highest BCUT2D eigenvalue weighted by molar-refractivity contribution is 5.94. The van der Waals surface area contributed by atoms with E-state index in [0.29, 0.717) is 30.0 Å². The highest BCUT2D eigenvalue weighted by Crippen LogP contribution is 2.34. The molecule has 5 rings (SSSR count). The SMILES string of the molecule is CCc1noc(N2CCC(N(C(=O)c3cnc(-c4ccc(CN)cc4)nc3)C3CC3)CC2)n1. The molecule has 9 nitrogen and oxygen atoms in total. The van der Waals surface area contributed by atoms with Crippen LogP contribution in [-0.4, -0.2) is 56.1 Å². The summed E-state index contributed by atoms with van der Waals surface area (Å²) in [5, 5.41) is 4.00. The molecule has 1 aliphatic heterocycles. The smallest absolute Gasteiger partial charge is 0.324 e. The van der Waals surface area contributed by atoms with Gasteiger partial charge in [-0.15, -0.1) is 0 Å². The molecule has 0 spiro atoms. The number of piperidine rings is 1. The Morgan fingerprint density at radius 1 is 1.09 bits per heavy atom. The van der Waals surface area contributed by atoms with Crippen molar-refractivity contribution in [2.24, 2.45) is 5.73 Å². The molecule has 3 aromatic rings. The molecule has 2 fully saturated rings. The lowest BCUT2D eigenvalue weighted by Crippen LogP contribution is -2.48. The number of carbonyl (C=O) groups is 1. The van der Waals surface area contributed by atoms with Crippen LogP contribution in [0.2, 0.25) is 0 Å². The second-order valence-electron chi connectivity index (χ2n) is 8.70. The number of nitrogens with two attached hydrogens (primary N) is 1. The van der Waals surface area contributed by atoms with Crippen LogP contribution in [0.25, 0.3) is 11.4 Å². The number of benzene rings is 1.